The first-order valence-electron chi connectivity index (χ1n) is 6.08. The van der Waals surface area contributed by atoms with Crippen molar-refractivity contribution in [3.8, 4) is 0 Å². The van der Waals surface area contributed by atoms with Crippen LogP contribution in [0.15, 0.2) is 35.5 Å². The van der Waals surface area contributed by atoms with Crippen molar-refractivity contribution in [2.75, 3.05) is 5.88 Å². The Kier molecular flexibility index (Phi) is 9.42. The molecule has 0 nitrogen and oxygen atoms in total. The highest BCUT2D eigenvalue weighted by Gasteiger charge is 1.93. The highest BCUT2D eigenvalue weighted by Crippen LogP contribution is 2.12. The molecule has 1 heteroatoms. The van der Waals surface area contributed by atoms with Crippen molar-refractivity contribution in [1.29, 1.82) is 0 Å². The first-order chi connectivity index (χ1) is 7.56. The van der Waals surface area contributed by atoms with E-state index in [1.807, 2.05) is 0 Å². The Bertz CT molecular complexity index is 255. The second-order valence-corrected chi connectivity index (χ2v) is 4.98. The lowest BCUT2D eigenvalue weighted by atomic mass is 10.1. The number of hydrogen-bond acceptors (Lipinski definition) is 0. The van der Waals surface area contributed by atoms with Gasteiger partial charge in [-0.15, -0.1) is 11.6 Å². The molecule has 0 rings (SSSR count). The summed E-state index contributed by atoms with van der Waals surface area (Å²) in [5.74, 6) is 0.697. The van der Waals surface area contributed by atoms with Gasteiger partial charge in [0.1, 0.15) is 0 Å². The van der Waals surface area contributed by atoms with Gasteiger partial charge in [0, 0.05) is 5.88 Å². The smallest absolute Gasteiger partial charge is 0.0260 e. The zero-order valence-corrected chi connectivity index (χ0v) is 11.7. The summed E-state index contributed by atoms with van der Waals surface area (Å²) < 4.78 is 0. The van der Waals surface area contributed by atoms with Crippen LogP contribution in [0.25, 0.3) is 0 Å². The van der Waals surface area contributed by atoms with Gasteiger partial charge in [0.05, 0.1) is 0 Å². The van der Waals surface area contributed by atoms with E-state index in [0.29, 0.717) is 5.88 Å². The Labute approximate surface area is 106 Å². The molecular formula is C15H25Cl. The third-order valence-electron chi connectivity index (χ3n) is 2.53. The lowest BCUT2D eigenvalue weighted by molar-refractivity contribution is 0.891. The summed E-state index contributed by atoms with van der Waals surface area (Å²) in [4.78, 5) is 0. The summed E-state index contributed by atoms with van der Waals surface area (Å²) in [5, 5.41) is 0. The molecule has 0 bridgehead atoms. The number of allylic oxidation sites excluding steroid dienone is 5. The summed E-state index contributed by atoms with van der Waals surface area (Å²) in [5.41, 5.74) is 4.16. The van der Waals surface area contributed by atoms with Crippen molar-refractivity contribution in [3.05, 3.63) is 35.5 Å². The van der Waals surface area contributed by atoms with Crippen molar-refractivity contribution >= 4 is 11.6 Å². The van der Waals surface area contributed by atoms with Crippen LogP contribution < -0.4 is 0 Å². The van der Waals surface area contributed by atoms with Crippen LogP contribution >= 0.6 is 11.6 Å². The average Bonchev–Trinajstić information content (AvgIpc) is 2.17. The second kappa shape index (κ2) is 9.72. The van der Waals surface area contributed by atoms with Crippen molar-refractivity contribution < 1.29 is 0 Å². The lowest BCUT2D eigenvalue weighted by Crippen LogP contribution is -1.84. The minimum atomic E-state index is 0.697. The zero-order valence-electron chi connectivity index (χ0n) is 11.0. The van der Waals surface area contributed by atoms with Crippen molar-refractivity contribution in [2.45, 2.75) is 52.9 Å². The average molecular weight is 241 g/mol. The van der Waals surface area contributed by atoms with Crippen LogP contribution in [0.4, 0.5) is 0 Å². The van der Waals surface area contributed by atoms with Gasteiger partial charge in [-0.05, 0) is 52.9 Å². The molecule has 0 aromatic rings. The van der Waals surface area contributed by atoms with E-state index in [0.717, 1.165) is 25.7 Å². The van der Waals surface area contributed by atoms with Crippen molar-refractivity contribution in [3.63, 3.8) is 0 Å². The first kappa shape index (κ1) is 15.5. The lowest BCUT2D eigenvalue weighted by Gasteiger charge is -2.02. The van der Waals surface area contributed by atoms with E-state index >= 15 is 0 Å². The molecule has 0 radical (unpaired) electrons. The standard InChI is InChI=1S/C15H25Cl/c1-13(2)7-5-8-14(3)9-6-10-15(4)11-12-16/h7,9H,4-6,8,10-12H2,1-3H3/b14-9-. The van der Waals surface area contributed by atoms with Crippen LogP contribution in [0, 0.1) is 0 Å². The molecule has 0 heterocycles. The maximum atomic E-state index is 5.65. The van der Waals surface area contributed by atoms with E-state index < -0.39 is 0 Å². The Hall–Kier alpha value is -0.490. The Balaban J connectivity index is 3.70. The van der Waals surface area contributed by atoms with E-state index in [1.165, 1.54) is 23.1 Å². The largest absolute Gasteiger partial charge is 0.126 e. The number of alkyl halides is 1. The molecule has 16 heavy (non-hydrogen) atoms. The normalized spacial score (nSPS) is 11.4. The van der Waals surface area contributed by atoms with Gasteiger partial charge in [-0.2, -0.15) is 0 Å². The Morgan fingerprint density at radius 2 is 1.62 bits per heavy atom. The summed E-state index contributed by atoms with van der Waals surface area (Å²) in [6.07, 6.45) is 10.1. The predicted octanol–water partition coefficient (Wildman–Crippen LogP) is 5.64. The molecule has 0 unspecified atom stereocenters. The van der Waals surface area contributed by atoms with E-state index in [-0.39, 0.29) is 0 Å². The van der Waals surface area contributed by atoms with Gasteiger partial charge in [-0.25, -0.2) is 0 Å². The highest BCUT2D eigenvalue weighted by atomic mass is 35.5. The molecule has 0 aliphatic carbocycles. The monoisotopic (exact) mass is 240 g/mol. The molecule has 0 spiro atoms. The molecule has 0 aromatic carbocycles. The van der Waals surface area contributed by atoms with Gasteiger partial charge in [0.2, 0.25) is 0 Å². The first-order valence-corrected chi connectivity index (χ1v) is 6.61. The van der Waals surface area contributed by atoms with Crippen molar-refractivity contribution in [1.82, 2.24) is 0 Å². The number of rotatable bonds is 8. The Morgan fingerprint density at radius 1 is 1.00 bits per heavy atom. The number of halogens is 1. The van der Waals surface area contributed by atoms with Gasteiger partial charge in [0.15, 0.2) is 0 Å². The third-order valence-corrected chi connectivity index (χ3v) is 2.72. The minimum Gasteiger partial charge on any atom is -0.126 e. The molecule has 0 aliphatic rings. The molecule has 0 saturated carbocycles. The van der Waals surface area contributed by atoms with E-state index in [1.54, 1.807) is 0 Å². The summed E-state index contributed by atoms with van der Waals surface area (Å²) in [6, 6.07) is 0. The van der Waals surface area contributed by atoms with Crippen LogP contribution in [-0.4, -0.2) is 5.88 Å². The summed E-state index contributed by atoms with van der Waals surface area (Å²) in [7, 11) is 0. The molecule has 92 valence electrons. The Morgan fingerprint density at radius 3 is 2.19 bits per heavy atom. The minimum absolute atomic E-state index is 0.697. The van der Waals surface area contributed by atoms with Crippen LogP contribution in [0.2, 0.25) is 0 Å². The second-order valence-electron chi connectivity index (χ2n) is 4.60. The zero-order chi connectivity index (χ0) is 12.4. The van der Waals surface area contributed by atoms with Gasteiger partial charge in [0.25, 0.3) is 0 Å². The molecule has 0 N–H and O–H groups in total. The molecule has 0 fully saturated rings. The van der Waals surface area contributed by atoms with Gasteiger partial charge in [-0.3, -0.25) is 0 Å². The van der Waals surface area contributed by atoms with Crippen LogP contribution in [0.1, 0.15) is 52.9 Å². The van der Waals surface area contributed by atoms with E-state index in [4.69, 9.17) is 11.6 Å². The summed E-state index contributed by atoms with van der Waals surface area (Å²) >= 11 is 5.65. The topological polar surface area (TPSA) is 0 Å². The molecule has 0 aliphatic heterocycles. The fraction of sp³-hybridized carbons (Fsp3) is 0.600. The van der Waals surface area contributed by atoms with Crippen molar-refractivity contribution in [2.24, 2.45) is 0 Å². The van der Waals surface area contributed by atoms with Crippen LogP contribution in [0.3, 0.4) is 0 Å². The van der Waals surface area contributed by atoms with Crippen LogP contribution in [-0.2, 0) is 0 Å². The van der Waals surface area contributed by atoms with E-state index in [9.17, 15) is 0 Å². The summed E-state index contributed by atoms with van der Waals surface area (Å²) in [6.45, 7) is 10.5. The van der Waals surface area contributed by atoms with Gasteiger partial charge in [-0.1, -0.05) is 35.5 Å². The third kappa shape index (κ3) is 10.0. The number of hydrogen-bond donors (Lipinski definition) is 0. The fourth-order valence-corrected chi connectivity index (χ4v) is 1.74. The SMILES string of the molecule is C=C(CCCl)CC/C=C(/C)CCC=C(C)C. The molecule has 0 amide bonds. The van der Waals surface area contributed by atoms with E-state index in [2.05, 4.69) is 39.5 Å². The van der Waals surface area contributed by atoms with Crippen LogP contribution in [0.5, 0.6) is 0 Å². The predicted molar refractivity (Wildman–Crippen MR) is 76.1 cm³/mol. The fourth-order valence-electron chi connectivity index (χ4n) is 1.47. The quantitative estimate of drug-likeness (QED) is 0.380. The molecule has 0 atom stereocenters. The maximum absolute atomic E-state index is 5.65. The molecule has 0 aromatic heterocycles. The van der Waals surface area contributed by atoms with Gasteiger partial charge < -0.3 is 0 Å². The molecule has 0 saturated heterocycles. The van der Waals surface area contributed by atoms with Gasteiger partial charge >= 0.3 is 0 Å². The highest BCUT2D eigenvalue weighted by molar-refractivity contribution is 6.17. The maximum Gasteiger partial charge on any atom is 0.0260 e. The molecular weight excluding hydrogens is 216 g/mol.